The van der Waals surface area contributed by atoms with Crippen molar-refractivity contribution >= 4 is 16.9 Å². The van der Waals surface area contributed by atoms with Crippen molar-refractivity contribution in [2.24, 2.45) is 4.99 Å². The number of ether oxygens (including phenoxy) is 5. The maximum atomic E-state index is 6.51. The van der Waals surface area contributed by atoms with Gasteiger partial charge in [-0.2, -0.15) is 0 Å². The van der Waals surface area contributed by atoms with Gasteiger partial charge in [0, 0.05) is 7.05 Å². The van der Waals surface area contributed by atoms with E-state index in [0.717, 1.165) is 33.4 Å². The van der Waals surface area contributed by atoms with Crippen LogP contribution in [0.15, 0.2) is 65.7 Å². The zero-order valence-corrected chi connectivity index (χ0v) is 20.8. The van der Waals surface area contributed by atoms with E-state index in [4.69, 9.17) is 28.7 Å². The Morgan fingerprint density at radius 3 is 1.94 bits per heavy atom. The Morgan fingerprint density at radius 2 is 1.47 bits per heavy atom. The first-order valence-corrected chi connectivity index (χ1v) is 12.1. The van der Waals surface area contributed by atoms with Crippen LogP contribution in [0, 0.1) is 0 Å². The van der Waals surface area contributed by atoms with E-state index < -0.39 is 0 Å². The molecule has 2 aliphatic heterocycles. The van der Waals surface area contributed by atoms with Gasteiger partial charge < -0.3 is 29.0 Å². The molecule has 7 nitrogen and oxygen atoms in total. The van der Waals surface area contributed by atoms with Crippen molar-refractivity contribution < 1.29 is 23.7 Å². The second-order valence-electron chi connectivity index (χ2n) is 8.31. The number of thioether (sulfide) groups is 1. The molecular formula is C26H32N2O5S. The van der Waals surface area contributed by atoms with Crippen LogP contribution in [0.4, 0.5) is 0 Å². The molecule has 0 bridgehead atoms. The Hall–Kier alpha value is -2.52. The van der Waals surface area contributed by atoms with Crippen molar-refractivity contribution in [2.75, 3.05) is 21.3 Å². The Bertz CT molecular complexity index is 995. The number of amidine groups is 1. The molecule has 0 saturated carbocycles. The first-order chi connectivity index (χ1) is 16.5. The fourth-order valence-corrected chi connectivity index (χ4v) is 5.11. The van der Waals surface area contributed by atoms with Crippen LogP contribution in [0.2, 0.25) is 0 Å². The maximum Gasteiger partial charge on any atom is 0.159 e. The van der Waals surface area contributed by atoms with E-state index in [1.807, 2.05) is 62.5 Å². The molecule has 0 aromatic heterocycles. The molecule has 1 saturated heterocycles. The fraction of sp³-hybridized carbons (Fsp3) is 0.423. The Kier molecular flexibility index (Phi) is 8.15. The Labute approximate surface area is 205 Å². The summed E-state index contributed by atoms with van der Waals surface area (Å²) in [5.41, 5.74) is 2.83. The zero-order valence-electron chi connectivity index (χ0n) is 20.0. The number of nitrogens with one attached hydrogen (secondary N) is 1. The van der Waals surface area contributed by atoms with Gasteiger partial charge in [0.05, 0.1) is 27.4 Å². The maximum absolute atomic E-state index is 6.51. The number of fused-ring (bicyclic) bond motifs is 1. The summed E-state index contributed by atoms with van der Waals surface area (Å²) >= 11 is 1.58. The first kappa shape index (κ1) is 24.6. The van der Waals surface area contributed by atoms with Gasteiger partial charge in [-0.25, -0.2) is 0 Å². The lowest BCUT2D eigenvalue weighted by molar-refractivity contribution is -0.187. The third-order valence-electron chi connectivity index (χ3n) is 5.92. The molecule has 34 heavy (non-hydrogen) atoms. The number of hydrogen-bond donors (Lipinski definition) is 1. The Morgan fingerprint density at radius 1 is 0.941 bits per heavy atom. The van der Waals surface area contributed by atoms with Crippen LogP contribution >= 0.6 is 11.8 Å². The summed E-state index contributed by atoms with van der Waals surface area (Å²) in [6.07, 6.45) is -0.974. The van der Waals surface area contributed by atoms with Gasteiger partial charge in [0.2, 0.25) is 0 Å². The van der Waals surface area contributed by atoms with E-state index in [2.05, 4.69) is 11.9 Å². The van der Waals surface area contributed by atoms with E-state index in [1.165, 1.54) is 0 Å². The largest absolute Gasteiger partial charge is 0.497 e. The normalized spacial score (nSPS) is 25.9. The Balaban J connectivity index is 1.55. The van der Waals surface area contributed by atoms with Gasteiger partial charge >= 0.3 is 0 Å². The van der Waals surface area contributed by atoms with Crippen molar-refractivity contribution in [3.05, 3.63) is 71.8 Å². The SMILES string of the molecule is C=C(C)[C@H]1O[C@@H]2SC(NC)=N[C@@H]2[C@@H](OCc2ccc(OC)cc2)[C@@H]1OCc1ccc(OC)cc1. The summed E-state index contributed by atoms with van der Waals surface area (Å²) in [6.45, 7) is 6.99. The molecule has 2 aromatic rings. The van der Waals surface area contributed by atoms with Gasteiger partial charge in [0.15, 0.2) is 5.17 Å². The highest BCUT2D eigenvalue weighted by Gasteiger charge is 2.50. The van der Waals surface area contributed by atoms with Crippen LogP contribution in [0.25, 0.3) is 0 Å². The number of rotatable bonds is 9. The lowest BCUT2D eigenvalue weighted by atomic mass is 9.94. The van der Waals surface area contributed by atoms with Crippen LogP contribution in [-0.2, 0) is 27.4 Å². The zero-order chi connectivity index (χ0) is 24.1. The molecule has 0 aliphatic carbocycles. The van der Waals surface area contributed by atoms with Gasteiger partial charge in [-0.3, -0.25) is 4.99 Å². The van der Waals surface area contributed by atoms with Gasteiger partial charge in [-0.15, -0.1) is 0 Å². The van der Waals surface area contributed by atoms with Crippen molar-refractivity contribution in [3.63, 3.8) is 0 Å². The standard InChI is InChI=1S/C26H32N2O5S/c1-16(2)22-24(32-15-18-8-12-20(30-5)13-9-18)23(21-25(33-22)34-26(27-3)28-21)31-14-17-6-10-19(29-4)11-7-17/h6-13,21-25H,1,14-15H2,2-5H3,(H,27,28)/t21-,22-,23-,24-,25-/m1/s1. The lowest BCUT2D eigenvalue weighted by Gasteiger charge is -2.43. The van der Waals surface area contributed by atoms with Gasteiger partial charge in [-0.1, -0.05) is 42.6 Å². The van der Waals surface area contributed by atoms with Gasteiger partial charge in [0.1, 0.15) is 41.3 Å². The molecule has 0 unspecified atom stereocenters. The number of hydrogen-bond acceptors (Lipinski definition) is 8. The number of methoxy groups -OCH3 is 2. The van der Waals surface area contributed by atoms with Crippen LogP contribution in [0.3, 0.4) is 0 Å². The number of nitrogens with zero attached hydrogens (tertiary/aromatic N) is 1. The highest BCUT2D eigenvalue weighted by Crippen LogP contribution is 2.40. The van der Waals surface area contributed by atoms with Crippen LogP contribution in [0.1, 0.15) is 18.1 Å². The van der Waals surface area contributed by atoms with Crippen LogP contribution in [0.5, 0.6) is 11.5 Å². The van der Waals surface area contributed by atoms with Gasteiger partial charge in [0.25, 0.3) is 0 Å². The third kappa shape index (κ3) is 5.58. The number of aliphatic imine (C=N–C) groups is 1. The molecule has 0 radical (unpaired) electrons. The first-order valence-electron chi connectivity index (χ1n) is 11.2. The van der Waals surface area contributed by atoms with Crippen molar-refractivity contribution in [1.82, 2.24) is 5.32 Å². The molecular weight excluding hydrogens is 452 g/mol. The molecule has 2 heterocycles. The van der Waals surface area contributed by atoms with Crippen molar-refractivity contribution in [1.29, 1.82) is 0 Å². The second-order valence-corrected chi connectivity index (χ2v) is 9.40. The molecule has 0 amide bonds. The van der Waals surface area contributed by atoms with Crippen molar-refractivity contribution in [3.8, 4) is 11.5 Å². The van der Waals surface area contributed by atoms with Crippen LogP contribution in [-0.4, -0.2) is 56.2 Å². The summed E-state index contributed by atoms with van der Waals surface area (Å²) in [6, 6.07) is 15.5. The fourth-order valence-electron chi connectivity index (χ4n) is 4.06. The van der Waals surface area contributed by atoms with Crippen molar-refractivity contribution in [2.45, 2.75) is 49.9 Å². The highest BCUT2D eigenvalue weighted by molar-refractivity contribution is 8.14. The number of benzene rings is 2. The smallest absolute Gasteiger partial charge is 0.159 e. The third-order valence-corrected chi connectivity index (χ3v) is 7.07. The molecule has 182 valence electrons. The topological polar surface area (TPSA) is 70.5 Å². The summed E-state index contributed by atoms with van der Waals surface area (Å²) < 4.78 is 29.9. The van der Waals surface area contributed by atoms with E-state index in [0.29, 0.717) is 13.2 Å². The predicted octanol–water partition coefficient (Wildman–Crippen LogP) is 4.17. The molecule has 4 rings (SSSR count). The minimum absolute atomic E-state index is 0.161. The summed E-state index contributed by atoms with van der Waals surface area (Å²) in [5.74, 6) is 1.62. The predicted molar refractivity (Wildman–Crippen MR) is 134 cm³/mol. The summed E-state index contributed by atoms with van der Waals surface area (Å²) in [4.78, 5) is 4.84. The molecule has 1 N–H and O–H groups in total. The van der Waals surface area contributed by atoms with E-state index in [-0.39, 0.29) is 29.8 Å². The molecule has 2 aromatic carbocycles. The van der Waals surface area contributed by atoms with E-state index in [1.54, 1.807) is 26.0 Å². The summed E-state index contributed by atoms with van der Waals surface area (Å²) in [7, 11) is 5.18. The second kappa shape index (κ2) is 11.3. The minimum atomic E-state index is -0.361. The quantitative estimate of drug-likeness (QED) is 0.536. The highest BCUT2D eigenvalue weighted by atomic mass is 32.2. The minimum Gasteiger partial charge on any atom is -0.497 e. The molecule has 0 spiro atoms. The van der Waals surface area contributed by atoms with E-state index >= 15 is 0 Å². The average molecular weight is 485 g/mol. The molecule has 1 fully saturated rings. The van der Waals surface area contributed by atoms with Crippen LogP contribution < -0.4 is 14.8 Å². The van der Waals surface area contributed by atoms with Gasteiger partial charge in [-0.05, 0) is 47.9 Å². The lowest BCUT2D eigenvalue weighted by Crippen LogP contribution is -2.57. The molecule has 5 atom stereocenters. The summed E-state index contributed by atoms with van der Waals surface area (Å²) in [5, 5.41) is 3.98. The molecule has 8 heteroatoms. The molecule has 2 aliphatic rings. The van der Waals surface area contributed by atoms with E-state index in [9.17, 15) is 0 Å². The average Bonchev–Trinajstić information content (AvgIpc) is 3.29. The monoisotopic (exact) mass is 484 g/mol.